The van der Waals surface area contributed by atoms with Crippen LogP contribution in [0.25, 0.3) is 0 Å². The molecule has 0 saturated heterocycles. The zero-order valence-electron chi connectivity index (χ0n) is 15.2. The molecule has 0 aliphatic carbocycles. The van der Waals surface area contributed by atoms with E-state index in [-0.39, 0.29) is 19.1 Å². The Bertz CT molecular complexity index is 759. The fourth-order valence-electron chi connectivity index (χ4n) is 2.30. The summed E-state index contributed by atoms with van der Waals surface area (Å²) in [5, 5.41) is 0. The summed E-state index contributed by atoms with van der Waals surface area (Å²) in [5.41, 5.74) is 6.66. The van der Waals surface area contributed by atoms with E-state index in [1.165, 1.54) is 0 Å². The first-order chi connectivity index (χ1) is 12.5. The van der Waals surface area contributed by atoms with Crippen molar-refractivity contribution in [2.24, 2.45) is 0 Å². The maximum atomic E-state index is 11.8. The summed E-state index contributed by atoms with van der Waals surface area (Å²) in [6.07, 6.45) is 0. The molecule has 0 heterocycles. The third kappa shape index (κ3) is 6.12. The molecule has 0 aromatic heterocycles. The number of hydrogen-bond acceptors (Lipinski definition) is 4. The minimum absolute atomic E-state index is 0.192. The number of nitrogens with one attached hydrogen (secondary N) is 2. The summed E-state index contributed by atoms with van der Waals surface area (Å²) >= 11 is 0. The number of carbonyl (C=O) groups is 2. The van der Waals surface area contributed by atoms with Crippen LogP contribution >= 0.6 is 0 Å². The van der Waals surface area contributed by atoms with E-state index in [1.807, 2.05) is 49.4 Å². The highest BCUT2D eigenvalue weighted by atomic mass is 16.5. The molecule has 138 valence electrons. The molecule has 2 aromatic carbocycles. The second-order valence-electron chi connectivity index (χ2n) is 6.18. The summed E-state index contributed by atoms with van der Waals surface area (Å²) in [6, 6.07) is 14.9. The largest absolute Gasteiger partial charge is 0.484 e. The molecule has 0 bridgehead atoms. The fourth-order valence-corrected chi connectivity index (χ4v) is 2.30. The predicted octanol–water partition coefficient (Wildman–Crippen LogP) is 2.72. The molecule has 26 heavy (non-hydrogen) atoms. The maximum Gasteiger partial charge on any atom is 0.276 e. The maximum absolute atomic E-state index is 11.8. The van der Waals surface area contributed by atoms with Gasteiger partial charge in [-0.1, -0.05) is 44.2 Å². The molecule has 0 fully saturated rings. The lowest BCUT2D eigenvalue weighted by molar-refractivity contribution is -0.131. The molecular weight excluding hydrogens is 332 g/mol. The van der Waals surface area contributed by atoms with Crippen molar-refractivity contribution in [2.45, 2.75) is 26.7 Å². The lowest BCUT2D eigenvalue weighted by Gasteiger charge is -2.14. The quantitative estimate of drug-likeness (QED) is 0.748. The smallest absolute Gasteiger partial charge is 0.276 e. The van der Waals surface area contributed by atoms with Crippen molar-refractivity contribution in [1.29, 1.82) is 0 Å². The summed E-state index contributed by atoms with van der Waals surface area (Å²) in [4.78, 5) is 23.6. The van der Waals surface area contributed by atoms with Crippen molar-refractivity contribution in [3.8, 4) is 11.5 Å². The van der Waals surface area contributed by atoms with Crippen LogP contribution in [0.15, 0.2) is 48.5 Å². The number of carbonyl (C=O) groups excluding carboxylic acids is 2. The number of benzene rings is 2. The molecule has 2 amide bonds. The molecule has 6 heteroatoms. The molecule has 2 rings (SSSR count). The van der Waals surface area contributed by atoms with Crippen LogP contribution in [0, 0.1) is 6.92 Å². The van der Waals surface area contributed by atoms with Crippen LogP contribution in [0.3, 0.4) is 0 Å². The van der Waals surface area contributed by atoms with Crippen molar-refractivity contribution < 1.29 is 19.1 Å². The average Bonchev–Trinajstić information content (AvgIpc) is 2.63. The van der Waals surface area contributed by atoms with Gasteiger partial charge >= 0.3 is 0 Å². The van der Waals surface area contributed by atoms with Gasteiger partial charge in [0.1, 0.15) is 11.5 Å². The molecule has 0 aliphatic heterocycles. The summed E-state index contributed by atoms with van der Waals surface area (Å²) in [5.74, 6) is 0.634. The molecule has 0 aliphatic rings. The van der Waals surface area contributed by atoms with Gasteiger partial charge in [0.15, 0.2) is 13.2 Å². The number of ether oxygens (including phenoxy) is 2. The van der Waals surface area contributed by atoms with E-state index in [9.17, 15) is 9.59 Å². The van der Waals surface area contributed by atoms with E-state index in [2.05, 4.69) is 24.7 Å². The topological polar surface area (TPSA) is 76.7 Å². The van der Waals surface area contributed by atoms with E-state index >= 15 is 0 Å². The van der Waals surface area contributed by atoms with Crippen molar-refractivity contribution in [1.82, 2.24) is 10.9 Å². The van der Waals surface area contributed by atoms with Crippen LogP contribution < -0.4 is 20.3 Å². The van der Waals surface area contributed by atoms with Gasteiger partial charge in [-0.3, -0.25) is 20.4 Å². The number of hydrogen-bond donors (Lipinski definition) is 2. The van der Waals surface area contributed by atoms with E-state index < -0.39 is 11.8 Å². The molecule has 2 aromatic rings. The Morgan fingerprint density at radius 2 is 1.58 bits per heavy atom. The normalized spacial score (nSPS) is 10.3. The number of amides is 2. The molecule has 0 saturated carbocycles. The third-order valence-electron chi connectivity index (χ3n) is 3.60. The standard InChI is InChI=1S/C20H24N2O4/c1-14(2)17-9-4-5-10-18(17)26-13-20(24)22-21-19(23)12-25-16-8-6-7-15(3)11-16/h4-11,14H,12-13H2,1-3H3,(H,21,23)(H,22,24). The average molecular weight is 356 g/mol. The van der Waals surface area contributed by atoms with Gasteiger partial charge in [0.05, 0.1) is 0 Å². The fraction of sp³-hybridized carbons (Fsp3) is 0.300. The van der Waals surface area contributed by atoms with E-state index in [4.69, 9.17) is 9.47 Å². The van der Waals surface area contributed by atoms with E-state index in [0.717, 1.165) is 11.1 Å². The van der Waals surface area contributed by atoms with Crippen molar-refractivity contribution in [2.75, 3.05) is 13.2 Å². The highest BCUT2D eigenvalue weighted by Crippen LogP contribution is 2.25. The molecule has 6 nitrogen and oxygen atoms in total. The zero-order valence-corrected chi connectivity index (χ0v) is 15.2. The van der Waals surface area contributed by atoms with Gasteiger partial charge in [0, 0.05) is 0 Å². The van der Waals surface area contributed by atoms with E-state index in [0.29, 0.717) is 11.5 Å². The lowest BCUT2D eigenvalue weighted by atomic mass is 10.0. The molecular formula is C20H24N2O4. The van der Waals surface area contributed by atoms with Gasteiger partial charge in [-0.25, -0.2) is 0 Å². The van der Waals surface area contributed by atoms with Gasteiger partial charge in [-0.15, -0.1) is 0 Å². The predicted molar refractivity (Wildman–Crippen MR) is 99.0 cm³/mol. The first-order valence-electron chi connectivity index (χ1n) is 8.44. The second-order valence-corrected chi connectivity index (χ2v) is 6.18. The molecule has 2 N–H and O–H groups in total. The van der Waals surface area contributed by atoms with Gasteiger partial charge in [-0.05, 0) is 42.2 Å². The Morgan fingerprint density at radius 3 is 2.23 bits per heavy atom. The third-order valence-corrected chi connectivity index (χ3v) is 3.60. The Labute approximate surface area is 153 Å². The van der Waals surface area contributed by atoms with Crippen LogP contribution in [-0.2, 0) is 9.59 Å². The van der Waals surface area contributed by atoms with Gasteiger partial charge < -0.3 is 9.47 Å². The minimum Gasteiger partial charge on any atom is -0.484 e. The molecule has 0 atom stereocenters. The number of rotatable bonds is 7. The van der Waals surface area contributed by atoms with Crippen molar-refractivity contribution >= 4 is 11.8 Å². The first kappa shape index (κ1) is 19.3. The number of para-hydroxylation sites is 1. The van der Waals surface area contributed by atoms with Crippen molar-refractivity contribution in [3.63, 3.8) is 0 Å². The van der Waals surface area contributed by atoms with Crippen LogP contribution in [-0.4, -0.2) is 25.0 Å². The van der Waals surface area contributed by atoms with Gasteiger partial charge in [0.25, 0.3) is 11.8 Å². The van der Waals surface area contributed by atoms with E-state index in [1.54, 1.807) is 6.07 Å². The van der Waals surface area contributed by atoms with Gasteiger partial charge in [0.2, 0.25) is 0 Å². The minimum atomic E-state index is -0.456. The Morgan fingerprint density at radius 1 is 0.923 bits per heavy atom. The summed E-state index contributed by atoms with van der Waals surface area (Å²) in [7, 11) is 0. The second kappa shape index (κ2) is 9.46. The Kier molecular flexibility index (Phi) is 7.02. The zero-order chi connectivity index (χ0) is 18.9. The Balaban J connectivity index is 1.72. The summed E-state index contributed by atoms with van der Waals surface area (Å²) < 4.78 is 10.9. The first-order valence-corrected chi connectivity index (χ1v) is 8.44. The van der Waals surface area contributed by atoms with Crippen LogP contribution in [0.5, 0.6) is 11.5 Å². The van der Waals surface area contributed by atoms with Crippen molar-refractivity contribution in [3.05, 3.63) is 59.7 Å². The Hall–Kier alpha value is -3.02. The molecule has 0 radical (unpaired) electrons. The SMILES string of the molecule is Cc1cccc(OCC(=O)NNC(=O)COc2ccccc2C(C)C)c1. The summed E-state index contributed by atoms with van der Waals surface area (Å²) in [6.45, 7) is 5.65. The van der Waals surface area contributed by atoms with Gasteiger partial charge in [-0.2, -0.15) is 0 Å². The van der Waals surface area contributed by atoms with Crippen LogP contribution in [0.4, 0.5) is 0 Å². The monoisotopic (exact) mass is 356 g/mol. The number of aryl methyl sites for hydroxylation is 1. The molecule has 0 spiro atoms. The lowest BCUT2D eigenvalue weighted by Crippen LogP contribution is -2.45. The highest BCUT2D eigenvalue weighted by molar-refractivity contribution is 5.83. The highest BCUT2D eigenvalue weighted by Gasteiger charge is 2.10. The number of hydrazine groups is 1. The molecule has 0 unspecified atom stereocenters. The van der Waals surface area contributed by atoms with Crippen LogP contribution in [0.1, 0.15) is 30.9 Å². The van der Waals surface area contributed by atoms with Crippen LogP contribution in [0.2, 0.25) is 0 Å².